The van der Waals surface area contributed by atoms with Crippen molar-refractivity contribution in [2.75, 3.05) is 39.3 Å². The maximum Gasteiger partial charge on any atom is 0.332 e. The molecule has 0 bridgehead atoms. The summed E-state index contributed by atoms with van der Waals surface area (Å²) in [6, 6.07) is 3.76. The van der Waals surface area contributed by atoms with E-state index >= 15 is 0 Å². The monoisotopic (exact) mass is 426 g/mol. The standard InChI is InChI=1S/C16H28ClFN4O2S2/c17-15-6-5-14(26(18,23)24)13-16(15)25-22-12-4-11-21-9-2-1-8-20-10-3-7-19/h5-6,13,20-22H,1-4,7-12,19H2. The maximum absolute atomic E-state index is 13.0. The maximum atomic E-state index is 13.0. The molecule has 0 spiro atoms. The van der Waals surface area contributed by atoms with Gasteiger partial charge in [0.15, 0.2) is 0 Å². The third-order valence-corrected chi connectivity index (χ3v) is 5.68. The number of unbranched alkanes of at least 4 members (excludes halogenated alkanes) is 1. The van der Waals surface area contributed by atoms with Gasteiger partial charge >= 0.3 is 10.2 Å². The molecule has 0 aliphatic rings. The summed E-state index contributed by atoms with van der Waals surface area (Å²) in [6.07, 6.45) is 4.19. The van der Waals surface area contributed by atoms with Gasteiger partial charge in [0.2, 0.25) is 0 Å². The number of nitrogens with two attached hydrogens (primary N) is 1. The molecule has 0 amide bonds. The Morgan fingerprint density at radius 3 is 2.23 bits per heavy atom. The Bertz CT molecular complexity index is 620. The van der Waals surface area contributed by atoms with Crippen LogP contribution >= 0.6 is 23.5 Å². The van der Waals surface area contributed by atoms with E-state index in [9.17, 15) is 12.3 Å². The van der Waals surface area contributed by atoms with Crippen LogP contribution < -0.4 is 21.1 Å². The lowest BCUT2D eigenvalue weighted by atomic mass is 10.3. The lowest BCUT2D eigenvalue weighted by Gasteiger charge is -2.08. The average molecular weight is 427 g/mol. The van der Waals surface area contributed by atoms with E-state index in [1.54, 1.807) is 0 Å². The van der Waals surface area contributed by atoms with Crippen molar-refractivity contribution in [1.82, 2.24) is 15.4 Å². The summed E-state index contributed by atoms with van der Waals surface area (Å²) in [5.41, 5.74) is 5.42. The van der Waals surface area contributed by atoms with Gasteiger partial charge in [0.05, 0.1) is 9.92 Å². The van der Waals surface area contributed by atoms with Gasteiger partial charge in [-0.25, -0.2) is 0 Å². The van der Waals surface area contributed by atoms with E-state index in [1.807, 2.05) is 0 Å². The van der Waals surface area contributed by atoms with Crippen LogP contribution in [0.4, 0.5) is 3.89 Å². The summed E-state index contributed by atoms with van der Waals surface area (Å²) in [6.45, 7) is 5.33. The second-order valence-corrected chi connectivity index (χ2v) is 8.42. The van der Waals surface area contributed by atoms with Gasteiger partial charge in [0.25, 0.3) is 0 Å². The molecule has 0 fully saturated rings. The summed E-state index contributed by atoms with van der Waals surface area (Å²) in [5.74, 6) is 0. The molecule has 0 atom stereocenters. The van der Waals surface area contributed by atoms with Gasteiger partial charge in [-0.05, 0) is 88.6 Å². The van der Waals surface area contributed by atoms with E-state index in [0.29, 0.717) is 9.92 Å². The molecule has 6 nitrogen and oxygen atoms in total. The molecule has 1 aromatic carbocycles. The summed E-state index contributed by atoms with van der Waals surface area (Å²) in [5, 5.41) is 7.10. The first-order valence-electron chi connectivity index (χ1n) is 8.70. The fourth-order valence-electron chi connectivity index (χ4n) is 2.10. The smallest absolute Gasteiger partial charge is 0.330 e. The van der Waals surface area contributed by atoms with Gasteiger partial charge in [-0.15, -0.1) is 3.89 Å². The van der Waals surface area contributed by atoms with E-state index in [2.05, 4.69) is 15.4 Å². The second kappa shape index (κ2) is 13.7. The molecule has 0 aromatic heterocycles. The minimum Gasteiger partial charge on any atom is -0.330 e. The fraction of sp³-hybridized carbons (Fsp3) is 0.625. The number of hydrogen-bond donors (Lipinski definition) is 4. The fourth-order valence-corrected chi connectivity index (χ4v) is 3.66. The van der Waals surface area contributed by atoms with Crippen LogP contribution in [0.5, 0.6) is 0 Å². The highest BCUT2D eigenvalue weighted by atomic mass is 35.5. The number of halogens is 2. The number of hydrogen-bond acceptors (Lipinski definition) is 7. The minimum atomic E-state index is -4.72. The van der Waals surface area contributed by atoms with E-state index in [0.717, 1.165) is 71.0 Å². The van der Waals surface area contributed by atoms with Crippen molar-refractivity contribution >= 4 is 33.8 Å². The Morgan fingerprint density at radius 1 is 1.00 bits per heavy atom. The highest BCUT2D eigenvalue weighted by Gasteiger charge is 2.14. The third-order valence-electron chi connectivity index (χ3n) is 3.51. The predicted molar refractivity (Wildman–Crippen MR) is 107 cm³/mol. The molecule has 26 heavy (non-hydrogen) atoms. The molecular weight excluding hydrogens is 399 g/mol. The van der Waals surface area contributed by atoms with Gasteiger partial charge in [-0.2, -0.15) is 8.42 Å². The SMILES string of the molecule is NCCCNCCCCNCCCNSc1cc(S(=O)(=O)F)ccc1Cl. The van der Waals surface area contributed by atoms with Crippen LogP contribution in [-0.4, -0.2) is 47.7 Å². The summed E-state index contributed by atoms with van der Waals surface area (Å²) in [7, 11) is -4.72. The lowest BCUT2D eigenvalue weighted by molar-refractivity contribution is 0.552. The number of benzene rings is 1. The summed E-state index contributed by atoms with van der Waals surface area (Å²) < 4.78 is 38.0. The normalized spacial score (nSPS) is 11.8. The van der Waals surface area contributed by atoms with Crippen LogP contribution in [-0.2, 0) is 10.2 Å². The first-order chi connectivity index (χ1) is 12.4. The zero-order valence-corrected chi connectivity index (χ0v) is 17.2. The highest BCUT2D eigenvalue weighted by Crippen LogP contribution is 2.28. The molecule has 0 unspecified atom stereocenters. The largest absolute Gasteiger partial charge is 0.332 e. The van der Waals surface area contributed by atoms with Gasteiger partial charge < -0.3 is 16.4 Å². The van der Waals surface area contributed by atoms with E-state index in [1.165, 1.54) is 24.1 Å². The molecule has 0 aliphatic carbocycles. The van der Waals surface area contributed by atoms with Crippen LogP contribution in [0.1, 0.15) is 25.7 Å². The molecule has 0 saturated carbocycles. The van der Waals surface area contributed by atoms with Crippen molar-refractivity contribution < 1.29 is 12.3 Å². The quantitative estimate of drug-likeness (QED) is 0.194. The summed E-state index contributed by atoms with van der Waals surface area (Å²) in [4.78, 5) is 0.103. The molecule has 0 saturated heterocycles. The zero-order chi connectivity index (χ0) is 19.3. The topological polar surface area (TPSA) is 96.2 Å². The molecule has 150 valence electrons. The van der Waals surface area contributed by atoms with E-state index in [-0.39, 0.29) is 4.90 Å². The lowest BCUT2D eigenvalue weighted by Crippen LogP contribution is -2.22. The Balaban J connectivity index is 2.06. The Labute approximate surface area is 165 Å². The molecule has 1 aromatic rings. The van der Waals surface area contributed by atoms with Crippen LogP contribution in [0.15, 0.2) is 28.0 Å². The van der Waals surface area contributed by atoms with E-state index in [4.69, 9.17) is 17.3 Å². The predicted octanol–water partition coefficient (Wildman–Crippen LogP) is 2.29. The molecule has 0 heterocycles. The first kappa shape index (κ1) is 23.6. The van der Waals surface area contributed by atoms with Crippen molar-refractivity contribution in [3.05, 3.63) is 23.2 Å². The number of rotatable bonds is 15. The third kappa shape index (κ3) is 10.7. The number of nitrogens with one attached hydrogen (secondary N) is 3. The van der Waals surface area contributed by atoms with Crippen LogP contribution in [0.25, 0.3) is 0 Å². The molecule has 10 heteroatoms. The van der Waals surface area contributed by atoms with Crippen molar-refractivity contribution in [3.8, 4) is 0 Å². The first-order valence-corrected chi connectivity index (χ1v) is 11.3. The van der Waals surface area contributed by atoms with Crippen LogP contribution in [0, 0.1) is 0 Å². The Hall–Kier alpha value is -0.420. The van der Waals surface area contributed by atoms with Crippen LogP contribution in [0.2, 0.25) is 5.02 Å². The molecule has 0 radical (unpaired) electrons. The Kier molecular flexibility index (Phi) is 12.4. The second-order valence-electron chi connectivity index (χ2n) is 5.73. The summed E-state index contributed by atoms with van der Waals surface area (Å²) >= 11 is 7.20. The van der Waals surface area contributed by atoms with Gasteiger partial charge in [-0.3, -0.25) is 4.72 Å². The van der Waals surface area contributed by atoms with Crippen molar-refractivity contribution in [1.29, 1.82) is 0 Å². The van der Waals surface area contributed by atoms with Crippen molar-refractivity contribution in [3.63, 3.8) is 0 Å². The molecule has 0 aliphatic heterocycles. The average Bonchev–Trinajstić information content (AvgIpc) is 2.59. The van der Waals surface area contributed by atoms with Crippen LogP contribution in [0.3, 0.4) is 0 Å². The van der Waals surface area contributed by atoms with Crippen molar-refractivity contribution in [2.24, 2.45) is 5.73 Å². The van der Waals surface area contributed by atoms with E-state index < -0.39 is 10.2 Å². The van der Waals surface area contributed by atoms with Gasteiger partial charge in [0, 0.05) is 11.4 Å². The molecule has 5 N–H and O–H groups in total. The van der Waals surface area contributed by atoms with Gasteiger partial charge in [0.1, 0.15) is 0 Å². The molecule has 1 rings (SSSR count). The Morgan fingerprint density at radius 2 is 1.62 bits per heavy atom. The van der Waals surface area contributed by atoms with Crippen molar-refractivity contribution in [2.45, 2.75) is 35.5 Å². The minimum absolute atomic E-state index is 0.382. The molecular formula is C16H28ClFN4O2S2. The highest BCUT2D eigenvalue weighted by molar-refractivity contribution is 7.97. The zero-order valence-electron chi connectivity index (χ0n) is 14.8. The van der Waals surface area contributed by atoms with Gasteiger partial charge in [-0.1, -0.05) is 11.6 Å².